The Balaban J connectivity index is 2.54. The summed E-state index contributed by atoms with van der Waals surface area (Å²) < 4.78 is 4.68. The molecular weight excluding hydrogens is 162 g/mol. The van der Waals surface area contributed by atoms with Crippen molar-refractivity contribution in [1.82, 2.24) is 4.90 Å². The maximum absolute atomic E-state index is 10.8. The fourth-order valence-electron chi connectivity index (χ4n) is 1.05. The number of carbonyl (C=O) groups is 3. The number of rotatable bonds is 1. The Bertz CT molecular complexity index is 240. The summed E-state index contributed by atoms with van der Waals surface area (Å²) in [5.74, 6) is -1.18. The first-order valence-corrected chi connectivity index (χ1v) is 3.52. The Morgan fingerprint density at radius 3 is 2.42 bits per heavy atom. The highest BCUT2D eigenvalue weighted by Crippen LogP contribution is 2.20. The fraction of sp³-hybridized carbons (Fsp3) is 0.571. The molecule has 0 aromatic heterocycles. The van der Waals surface area contributed by atoms with Crippen molar-refractivity contribution >= 4 is 17.8 Å². The molecule has 12 heavy (non-hydrogen) atoms. The molecule has 0 spiro atoms. The molecule has 0 aromatic rings. The average molecular weight is 171 g/mol. The summed E-state index contributed by atoms with van der Waals surface area (Å²) in [5.41, 5.74) is 0. The summed E-state index contributed by atoms with van der Waals surface area (Å²) in [7, 11) is 0. The molecule has 1 fully saturated rings. The SMILES string of the molecule is CC(=O)O[C@@H]1CC(=O)N1C(C)=O. The normalized spacial score (nSPS) is 21.7. The van der Waals surface area contributed by atoms with Gasteiger partial charge in [-0.2, -0.15) is 0 Å². The van der Waals surface area contributed by atoms with Gasteiger partial charge in [0.2, 0.25) is 11.8 Å². The molecule has 0 aliphatic carbocycles. The Kier molecular flexibility index (Phi) is 2.12. The highest BCUT2D eigenvalue weighted by Gasteiger charge is 2.41. The first kappa shape index (κ1) is 8.70. The van der Waals surface area contributed by atoms with E-state index >= 15 is 0 Å². The molecule has 0 unspecified atom stereocenters. The van der Waals surface area contributed by atoms with Gasteiger partial charge in [0.1, 0.15) is 0 Å². The van der Waals surface area contributed by atoms with Crippen LogP contribution in [-0.2, 0) is 19.1 Å². The molecule has 0 bridgehead atoms. The lowest BCUT2D eigenvalue weighted by atomic mass is 10.1. The minimum atomic E-state index is -0.674. The van der Waals surface area contributed by atoms with Crippen molar-refractivity contribution in [3.8, 4) is 0 Å². The number of amides is 2. The van der Waals surface area contributed by atoms with Gasteiger partial charge in [0.05, 0.1) is 6.42 Å². The molecule has 2 amide bonds. The first-order chi connectivity index (χ1) is 5.52. The van der Waals surface area contributed by atoms with Crippen molar-refractivity contribution in [1.29, 1.82) is 0 Å². The van der Waals surface area contributed by atoms with Crippen LogP contribution in [0.25, 0.3) is 0 Å². The minimum absolute atomic E-state index is 0.110. The van der Waals surface area contributed by atoms with E-state index in [1.807, 2.05) is 0 Å². The first-order valence-electron chi connectivity index (χ1n) is 3.52. The lowest BCUT2D eigenvalue weighted by Gasteiger charge is -2.36. The maximum Gasteiger partial charge on any atom is 0.304 e. The van der Waals surface area contributed by atoms with Crippen LogP contribution in [0.4, 0.5) is 0 Å². The van der Waals surface area contributed by atoms with Gasteiger partial charge >= 0.3 is 5.97 Å². The molecule has 0 aromatic carbocycles. The van der Waals surface area contributed by atoms with Gasteiger partial charge in [0, 0.05) is 13.8 Å². The second-order valence-corrected chi connectivity index (χ2v) is 2.55. The van der Waals surface area contributed by atoms with Gasteiger partial charge in [-0.1, -0.05) is 0 Å². The van der Waals surface area contributed by atoms with Gasteiger partial charge in [-0.3, -0.25) is 14.4 Å². The van der Waals surface area contributed by atoms with Crippen LogP contribution in [0.15, 0.2) is 0 Å². The van der Waals surface area contributed by atoms with Gasteiger partial charge in [-0.05, 0) is 0 Å². The predicted octanol–water partition coefficient (Wildman–Crippen LogP) is -0.346. The van der Waals surface area contributed by atoms with E-state index in [4.69, 9.17) is 0 Å². The smallest absolute Gasteiger partial charge is 0.304 e. The third-order valence-corrected chi connectivity index (χ3v) is 1.55. The Morgan fingerprint density at radius 2 is 2.08 bits per heavy atom. The third kappa shape index (κ3) is 1.44. The van der Waals surface area contributed by atoms with Crippen LogP contribution < -0.4 is 0 Å². The molecule has 5 heteroatoms. The molecule has 5 nitrogen and oxygen atoms in total. The maximum atomic E-state index is 10.8. The van der Waals surface area contributed by atoms with Gasteiger partial charge in [0.25, 0.3) is 0 Å². The third-order valence-electron chi connectivity index (χ3n) is 1.55. The van der Waals surface area contributed by atoms with Gasteiger partial charge in [-0.25, -0.2) is 4.90 Å². The second kappa shape index (κ2) is 2.92. The fourth-order valence-corrected chi connectivity index (χ4v) is 1.05. The molecular formula is C7H9NO4. The number of hydrogen-bond donors (Lipinski definition) is 0. The molecule has 0 radical (unpaired) electrons. The van der Waals surface area contributed by atoms with Crippen molar-refractivity contribution in [2.75, 3.05) is 0 Å². The Labute approximate surface area is 69.3 Å². The lowest BCUT2D eigenvalue weighted by molar-refractivity contribution is -0.185. The van der Waals surface area contributed by atoms with E-state index in [0.717, 1.165) is 4.90 Å². The summed E-state index contributed by atoms with van der Waals surface area (Å²) in [6.07, 6.45) is -0.563. The molecule has 0 saturated carbocycles. The van der Waals surface area contributed by atoms with E-state index in [9.17, 15) is 14.4 Å². The summed E-state index contributed by atoms with van der Waals surface area (Å²) in [5, 5.41) is 0. The molecule has 1 aliphatic rings. The topological polar surface area (TPSA) is 63.7 Å². The quantitative estimate of drug-likeness (QED) is 0.399. The minimum Gasteiger partial charge on any atom is -0.441 e. The number of ether oxygens (including phenoxy) is 1. The van der Waals surface area contributed by atoms with Crippen LogP contribution in [0, 0.1) is 0 Å². The van der Waals surface area contributed by atoms with Gasteiger partial charge in [0.15, 0.2) is 6.23 Å². The number of imide groups is 1. The van der Waals surface area contributed by atoms with Crippen LogP contribution in [0.1, 0.15) is 20.3 Å². The van der Waals surface area contributed by atoms with Gasteiger partial charge in [-0.15, -0.1) is 0 Å². The van der Waals surface area contributed by atoms with Crippen molar-refractivity contribution in [3.63, 3.8) is 0 Å². The monoisotopic (exact) mass is 171 g/mol. The highest BCUT2D eigenvalue weighted by atomic mass is 16.6. The molecule has 1 saturated heterocycles. The van der Waals surface area contributed by atoms with E-state index in [2.05, 4.69) is 4.74 Å². The van der Waals surface area contributed by atoms with E-state index in [0.29, 0.717) is 0 Å². The molecule has 1 aliphatic heterocycles. The number of hydrogen-bond acceptors (Lipinski definition) is 4. The second-order valence-electron chi connectivity index (χ2n) is 2.55. The van der Waals surface area contributed by atoms with Gasteiger partial charge < -0.3 is 4.74 Å². The standard InChI is InChI=1S/C7H9NO4/c1-4(9)8-6(11)3-7(8)12-5(2)10/h7H,3H2,1-2H3/t7-/m1/s1. The van der Waals surface area contributed by atoms with Crippen LogP contribution in [0.3, 0.4) is 0 Å². The largest absolute Gasteiger partial charge is 0.441 e. The zero-order chi connectivity index (χ0) is 9.30. The molecule has 1 atom stereocenters. The van der Waals surface area contributed by atoms with Crippen molar-refractivity contribution < 1.29 is 19.1 Å². The predicted molar refractivity (Wildman–Crippen MR) is 37.7 cm³/mol. The summed E-state index contributed by atoms with van der Waals surface area (Å²) in [6.45, 7) is 2.49. The lowest BCUT2D eigenvalue weighted by Crippen LogP contribution is -2.56. The average Bonchev–Trinajstić information content (AvgIpc) is 1.82. The summed E-state index contributed by atoms with van der Waals surface area (Å²) >= 11 is 0. The van der Waals surface area contributed by atoms with Crippen molar-refractivity contribution in [3.05, 3.63) is 0 Å². The Morgan fingerprint density at radius 1 is 1.50 bits per heavy atom. The molecule has 1 heterocycles. The number of β-lactam (4-membered cyclic amide) rings is 1. The molecule has 1 rings (SSSR count). The number of carbonyl (C=O) groups excluding carboxylic acids is 3. The molecule has 66 valence electrons. The number of nitrogens with zero attached hydrogens (tertiary/aromatic N) is 1. The highest BCUT2D eigenvalue weighted by molar-refractivity contribution is 5.99. The van der Waals surface area contributed by atoms with E-state index in [-0.39, 0.29) is 12.3 Å². The van der Waals surface area contributed by atoms with Crippen LogP contribution in [-0.4, -0.2) is 28.9 Å². The molecule has 0 N–H and O–H groups in total. The summed E-state index contributed by atoms with van der Waals surface area (Å²) in [4.78, 5) is 32.9. The van der Waals surface area contributed by atoms with Crippen LogP contribution in [0.2, 0.25) is 0 Å². The summed E-state index contributed by atoms with van der Waals surface area (Å²) in [6, 6.07) is 0. The van der Waals surface area contributed by atoms with Crippen molar-refractivity contribution in [2.45, 2.75) is 26.5 Å². The van der Waals surface area contributed by atoms with Crippen LogP contribution in [0.5, 0.6) is 0 Å². The van der Waals surface area contributed by atoms with Crippen LogP contribution >= 0.6 is 0 Å². The number of likely N-dealkylation sites (tertiary alicyclic amines) is 1. The van der Waals surface area contributed by atoms with E-state index in [1.54, 1.807) is 0 Å². The van der Waals surface area contributed by atoms with E-state index in [1.165, 1.54) is 13.8 Å². The Hall–Kier alpha value is -1.39. The zero-order valence-corrected chi connectivity index (χ0v) is 6.86. The number of esters is 1. The zero-order valence-electron chi connectivity index (χ0n) is 6.86. The van der Waals surface area contributed by atoms with E-state index < -0.39 is 18.1 Å². The van der Waals surface area contributed by atoms with Crippen molar-refractivity contribution in [2.24, 2.45) is 0 Å².